The van der Waals surface area contributed by atoms with Crippen LogP contribution in [0.4, 0.5) is 8.78 Å². The molecule has 0 spiro atoms. The van der Waals surface area contributed by atoms with Crippen molar-refractivity contribution in [1.29, 1.82) is 0 Å². The first-order valence-corrected chi connectivity index (χ1v) is 6.77. The Balaban J connectivity index is 2.12. The van der Waals surface area contributed by atoms with Crippen LogP contribution in [-0.4, -0.2) is 15.6 Å². The summed E-state index contributed by atoms with van der Waals surface area (Å²) < 4.78 is 28.5. The van der Waals surface area contributed by atoms with Gasteiger partial charge in [0.25, 0.3) is 0 Å². The molecule has 106 valence electrons. The molecule has 1 aliphatic rings. The zero-order chi connectivity index (χ0) is 14.4. The second kappa shape index (κ2) is 4.66. The molecule has 3 nitrogen and oxygen atoms in total. The van der Waals surface area contributed by atoms with E-state index in [1.54, 1.807) is 6.07 Å². The van der Waals surface area contributed by atoms with Crippen LogP contribution in [0.1, 0.15) is 30.9 Å². The number of nitrogens with two attached hydrogens (primary N) is 1. The molecule has 0 bridgehead atoms. The molecule has 1 aromatic carbocycles. The molecule has 1 aliphatic heterocycles. The van der Waals surface area contributed by atoms with Crippen LogP contribution in [0, 0.1) is 18.6 Å². The number of benzene rings is 1. The maximum atomic E-state index is 13.4. The van der Waals surface area contributed by atoms with Crippen LogP contribution in [0.3, 0.4) is 0 Å². The minimum atomic E-state index is -0.849. The van der Waals surface area contributed by atoms with E-state index in [1.165, 1.54) is 6.07 Å². The molecule has 2 atom stereocenters. The molecule has 3 rings (SSSR count). The molecule has 2 heterocycles. The lowest BCUT2D eigenvalue weighted by atomic mass is 10.0. The van der Waals surface area contributed by atoms with Gasteiger partial charge in [-0.1, -0.05) is 0 Å². The highest BCUT2D eigenvalue weighted by Crippen LogP contribution is 2.32. The summed E-state index contributed by atoms with van der Waals surface area (Å²) >= 11 is 0. The Morgan fingerprint density at radius 2 is 2.05 bits per heavy atom. The van der Waals surface area contributed by atoms with Crippen molar-refractivity contribution >= 4 is 0 Å². The molecule has 0 amide bonds. The molecule has 2 N–H and O–H groups in total. The number of aryl methyl sites for hydroxylation is 1. The van der Waals surface area contributed by atoms with Gasteiger partial charge in [0, 0.05) is 29.8 Å². The van der Waals surface area contributed by atoms with Crippen molar-refractivity contribution < 1.29 is 8.78 Å². The fourth-order valence-corrected chi connectivity index (χ4v) is 2.93. The van der Waals surface area contributed by atoms with Crippen LogP contribution in [-0.2, 0) is 6.42 Å². The third-order valence-corrected chi connectivity index (χ3v) is 4.14. The zero-order valence-electron chi connectivity index (χ0n) is 11.5. The monoisotopic (exact) mass is 277 g/mol. The third-order valence-electron chi connectivity index (χ3n) is 4.14. The molecule has 0 fully saturated rings. The Labute approximate surface area is 116 Å². The molecule has 0 aliphatic carbocycles. The second-order valence-corrected chi connectivity index (χ2v) is 5.40. The van der Waals surface area contributed by atoms with Gasteiger partial charge in [0.05, 0.1) is 5.69 Å². The van der Waals surface area contributed by atoms with Crippen molar-refractivity contribution in [3.63, 3.8) is 0 Å². The number of halogens is 2. The Bertz CT molecular complexity index is 663. The van der Waals surface area contributed by atoms with Crippen molar-refractivity contribution in [2.75, 3.05) is 0 Å². The maximum absolute atomic E-state index is 13.4. The van der Waals surface area contributed by atoms with E-state index in [2.05, 4.69) is 16.5 Å². The summed E-state index contributed by atoms with van der Waals surface area (Å²) in [6, 6.07) is 4.17. The molecule has 2 unspecified atom stereocenters. The topological polar surface area (TPSA) is 43.8 Å². The van der Waals surface area contributed by atoms with Crippen LogP contribution in [0.5, 0.6) is 0 Å². The van der Waals surface area contributed by atoms with Crippen molar-refractivity contribution in [3.05, 3.63) is 41.4 Å². The van der Waals surface area contributed by atoms with Crippen LogP contribution < -0.4 is 5.73 Å². The van der Waals surface area contributed by atoms with Crippen molar-refractivity contribution in [3.8, 4) is 11.3 Å². The molecular formula is C15H17F2N3. The molecule has 5 heteroatoms. The average molecular weight is 277 g/mol. The van der Waals surface area contributed by atoms with E-state index in [-0.39, 0.29) is 12.1 Å². The van der Waals surface area contributed by atoms with Crippen LogP contribution in [0.2, 0.25) is 0 Å². The maximum Gasteiger partial charge on any atom is 0.159 e. The number of imidazole rings is 1. The number of nitrogens with zero attached hydrogens (tertiary/aromatic N) is 2. The average Bonchev–Trinajstić information content (AvgIpc) is 2.75. The van der Waals surface area contributed by atoms with Gasteiger partial charge in [0.2, 0.25) is 0 Å². The largest absolute Gasteiger partial charge is 0.327 e. The minimum absolute atomic E-state index is 0.105. The number of hydrogen-bond donors (Lipinski definition) is 1. The fourth-order valence-electron chi connectivity index (χ4n) is 2.93. The summed E-state index contributed by atoms with van der Waals surface area (Å²) in [5.41, 5.74) is 8.36. The second-order valence-electron chi connectivity index (χ2n) is 5.40. The first-order chi connectivity index (χ1) is 9.49. The molecule has 0 saturated carbocycles. The van der Waals surface area contributed by atoms with Crippen molar-refractivity contribution in [1.82, 2.24) is 9.55 Å². The van der Waals surface area contributed by atoms with E-state index in [1.807, 2.05) is 6.92 Å². The minimum Gasteiger partial charge on any atom is -0.327 e. The van der Waals surface area contributed by atoms with Gasteiger partial charge < -0.3 is 10.3 Å². The lowest BCUT2D eigenvalue weighted by Crippen LogP contribution is -2.36. The van der Waals surface area contributed by atoms with Gasteiger partial charge in [-0.15, -0.1) is 0 Å². The number of hydrogen-bond acceptors (Lipinski definition) is 2. The van der Waals surface area contributed by atoms with Gasteiger partial charge in [-0.25, -0.2) is 13.8 Å². The summed E-state index contributed by atoms with van der Waals surface area (Å²) in [5.74, 6) is -0.722. The van der Waals surface area contributed by atoms with Gasteiger partial charge in [0.1, 0.15) is 5.82 Å². The highest BCUT2D eigenvalue weighted by molar-refractivity contribution is 5.62. The zero-order valence-corrected chi connectivity index (χ0v) is 11.5. The van der Waals surface area contributed by atoms with Crippen LogP contribution >= 0.6 is 0 Å². The lowest BCUT2D eigenvalue weighted by molar-refractivity contribution is 0.363. The number of fused-ring (bicyclic) bond motifs is 1. The molecule has 2 aromatic rings. The highest BCUT2D eigenvalue weighted by Gasteiger charge is 2.27. The van der Waals surface area contributed by atoms with E-state index in [9.17, 15) is 8.78 Å². The van der Waals surface area contributed by atoms with Crippen LogP contribution in [0.15, 0.2) is 18.2 Å². The predicted molar refractivity (Wildman–Crippen MR) is 73.3 cm³/mol. The predicted octanol–water partition coefficient (Wildman–Crippen LogP) is 2.97. The lowest BCUT2D eigenvalue weighted by Gasteiger charge is -2.29. The summed E-state index contributed by atoms with van der Waals surface area (Å²) in [4.78, 5) is 4.59. The van der Waals surface area contributed by atoms with E-state index in [0.29, 0.717) is 11.3 Å². The summed E-state index contributed by atoms with van der Waals surface area (Å²) in [6.07, 6.45) is 1.71. The Kier molecular flexibility index (Phi) is 3.09. The van der Waals surface area contributed by atoms with Crippen LogP contribution in [0.25, 0.3) is 11.3 Å². The summed E-state index contributed by atoms with van der Waals surface area (Å²) in [7, 11) is 0. The standard InChI is InChI=1S/C15H17F2N3/c1-8-13(18)5-6-14-19-15(9(2)20(8)14)10-3-4-11(16)12(17)7-10/h3-4,7-8,13H,5-6,18H2,1-2H3. The van der Waals surface area contributed by atoms with Gasteiger partial charge >= 0.3 is 0 Å². The van der Waals surface area contributed by atoms with Gasteiger partial charge in [-0.2, -0.15) is 0 Å². The van der Waals surface area contributed by atoms with Gasteiger partial charge in [0.15, 0.2) is 11.6 Å². The molecule has 0 radical (unpaired) electrons. The van der Waals surface area contributed by atoms with E-state index in [4.69, 9.17) is 5.73 Å². The molecule has 0 saturated heterocycles. The van der Waals surface area contributed by atoms with E-state index < -0.39 is 11.6 Å². The Morgan fingerprint density at radius 1 is 1.30 bits per heavy atom. The Hall–Kier alpha value is -1.75. The molecule has 1 aromatic heterocycles. The molecular weight excluding hydrogens is 260 g/mol. The Morgan fingerprint density at radius 3 is 2.75 bits per heavy atom. The SMILES string of the molecule is Cc1c(-c2ccc(F)c(F)c2)nc2n1C(C)C(N)CC2. The summed E-state index contributed by atoms with van der Waals surface area (Å²) in [6.45, 7) is 4.01. The fraction of sp³-hybridized carbons (Fsp3) is 0.400. The summed E-state index contributed by atoms with van der Waals surface area (Å²) in [5, 5.41) is 0. The number of rotatable bonds is 1. The van der Waals surface area contributed by atoms with Crippen molar-refractivity contribution in [2.24, 2.45) is 5.73 Å². The normalized spacial score (nSPS) is 21.9. The first kappa shape index (κ1) is 13.2. The third kappa shape index (κ3) is 1.93. The molecule has 20 heavy (non-hydrogen) atoms. The smallest absolute Gasteiger partial charge is 0.159 e. The first-order valence-electron chi connectivity index (χ1n) is 6.77. The van der Waals surface area contributed by atoms with E-state index in [0.717, 1.165) is 30.4 Å². The van der Waals surface area contributed by atoms with Crippen molar-refractivity contribution in [2.45, 2.75) is 38.8 Å². The van der Waals surface area contributed by atoms with E-state index >= 15 is 0 Å². The van der Waals surface area contributed by atoms with Gasteiger partial charge in [-0.05, 0) is 38.5 Å². The highest BCUT2D eigenvalue weighted by atomic mass is 19.2. The number of aromatic nitrogens is 2. The van der Waals surface area contributed by atoms with Gasteiger partial charge in [-0.3, -0.25) is 0 Å². The quantitative estimate of drug-likeness (QED) is 0.871.